The lowest BCUT2D eigenvalue weighted by Crippen LogP contribution is -2.27. The molecule has 2 amide bonds. The first-order chi connectivity index (χ1) is 12.6. The summed E-state index contributed by atoms with van der Waals surface area (Å²) in [5, 5.41) is 0.748. The number of para-hydroxylation sites is 1. The normalized spacial score (nSPS) is 16.1. The van der Waals surface area contributed by atoms with Gasteiger partial charge in [-0.3, -0.25) is 9.59 Å². The zero-order valence-corrected chi connectivity index (χ0v) is 15.1. The minimum absolute atomic E-state index is 0.299. The molecule has 0 saturated carbocycles. The zero-order chi connectivity index (χ0) is 18.3. The maximum absolute atomic E-state index is 12.8. The van der Waals surface area contributed by atoms with Crippen LogP contribution < -0.4 is 9.64 Å². The topological polar surface area (TPSA) is 51.5 Å². The number of anilines is 1. The third kappa shape index (κ3) is 2.68. The molecule has 1 fully saturated rings. The lowest BCUT2D eigenvalue weighted by molar-refractivity contribution is -0.113. The molecule has 1 aromatic heterocycles. The number of aromatic nitrogens is 1. The summed E-state index contributed by atoms with van der Waals surface area (Å²) in [7, 11) is 3.53. The van der Waals surface area contributed by atoms with E-state index < -0.39 is 0 Å². The second-order valence-electron chi connectivity index (χ2n) is 5.93. The average Bonchev–Trinajstić information content (AvgIpc) is 3.12. The van der Waals surface area contributed by atoms with Crippen molar-refractivity contribution in [2.45, 2.75) is 0 Å². The fourth-order valence-electron chi connectivity index (χ4n) is 3.05. The number of nitrogens with zero attached hydrogens (tertiary/aromatic N) is 2. The summed E-state index contributed by atoms with van der Waals surface area (Å²) in [5.74, 6) is 0.366. The van der Waals surface area contributed by atoms with Crippen LogP contribution >= 0.6 is 11.8 Å². The van der Waals surface area contributed by atoms with Crippen LogP contribution in [0.2, 0.25) is 0 Å². The van der Waals surface area contributed by atoms with Gasteiger partial charge in [-0.15, -0.1) is 0 Å². The molecule has 0 atom stereocenters. The van der Waals surface area contributed by atoms with Gasteiger partial charge in [0.1, 0.15) is 5.75 Å². The van der Waals surface area contributed by atoms with Gasteiger partial charge in [-0.05, 0) is 48.2 Å². The number of benzene rings is 2. The number of thioether (sulfide) groups is 1. The van der Waals surface area contributed by atoms with Crippen molar-refractivity contribution in [1.82, 2.24) is 4.57 Å². The second kappa shape index (κ2) is 6.38. The standard InChI is InChI=1S/C20H16N2O3S/c1-21-12-13(16-5-3-4-6-17(16)21)11-18-19(23)22(20(24)26-18)14-7-9-15(25-2)10-8-14/h3-12H,1-2H3/b18-11-. The van der Waals surface area contributed by atoms with Crippen molar-refractivity contribution in [2.24, 2.45) is 7.05 Å². The minimum Gasteiger partial charge on any atom is -0.497 e. The van der Waals surface area contributed by atoms with E-state index in [9.17, 15) is 9.59 Å². The van der Waals surface area contributed by atoms with Crippen molar-refractivity contribution in [3.05, 3.63) is 65.2 Å². The summed E-state index contributed by atoms with van der Waals surface area (Å²) in [5.41, 5.74) is 2.53. The molecule has 0 radical (unpaired) electrons. The van der Waals surface area contributed by atoms with Gasteiger partial charge in [0.05, 0.1) is 17.7 Å². The summed E-state index contributed by atoms with van der Waals surface area (Å²) in [6, 6.07) is 14.8. The fourth-order valence-corrected chi connectivity index (χ4v) is 3.88. The van der Waals surface area contributed by atoms with Crippen LogP contribution in [-0.2, 0) is 11.8 Å². The number of fused-ring (bicyclic) bond motifs is 1. The summed E-state index contributed by atoms with van der Waals surface area (Å²) in [4.78, 5) is 26.8. The summed E-state index contributed by atoms with van der Waals surface area (Å²) in [6.45, 7) is 0. The third-order valence-corrected chi connectivity index (χ3v) is 5.21. The van der Waals surface area contributed by atoms with Gasteiger partial charge in [0, 0.05) is 29.7 Å². The highest BCUT2D eigenvalue weighted by molar-refractivity contribution is 8.19. The van der Waals surface area contributed by atoms with E-state index in [4.69, 9.17) is 4.74 Å². The SMILES string of the molecule is COc1ccc(N2C(=O)S/C(=C\c3cn(C)c4ccccc34)C2=O)cc1. The lowest BCUT2D eigenvalue weighted by Gasteiger charge is -2.12. The highest BCUT2D eigenvalue weighted by Gasteiger charge is 2.36. The molecule has 0 spiro atoms. The molecule has 26 heavy (non-hydrogen) atoms. The van der Waals surface area contributed by atoms with E-state index in [0.29, 0.717) is 16.3 Å². The molecule has 6 heteroatoms. The summed E-state index contributed by atoms with van der Waals surface area (Å²) >= 11 is 0.957. The number of ether oxygens (including phenoxy) is 1. The Morgan fingerprint density at radius 1 is 1.04 bits per heavy atom. The lowest BCUT2D eigenvalue weighted by atomic mass is 10.1. The predicted octanol–water partition coefficient (Wildman–Crippen LogP) is 4.43. The molecule has 5 nitrogen and oxygen atoms in total. The monoisotopic (exact) mass is 364 g/mol. The molecule has 1 aliphatic rings. The van der Waals surface area contributed by atoms with Crippen molar-refractivity contribution in [2.75, 3.05) is 12.0 Å². The highest BCUT2D eigenvalue weighted by atomic mass is 32.2. The van der Waals surface area contributed by atoms with E-state index in [1.54, 1.807) is 37.5 Å². The summed E-state index contributed by atoms with van der Waals surface area (Å²) in [6.07, 6.45) is 3.75. The Bertz CT molecular complexity index is 1050. The minimum atomic E-state index is -0.307. The molecular formula is C20H16N2O3S. The predicted molar refractivity (Wildman–Crippen MR) is 104 cm³/mol. The molecule has 4 rings (SSSR count). The number of aryl methyl sites for hydroxylation is 1. The van der Waals surface area contributed by atoms with Crippen molar-refractivity contribution < 1.29 is 14.3 Å². The molecule has 0 aliphatic carbocycles. The Morgan fingerprint density at radius 3 is 2.50 bits per heavy atom. The maximum Gasteiger partial charge on any atom is 0.298 e. The number of rotatable bonds is 3. The van der Waals surface area contributed by atoms with E-state index in [0.717, 1.165) is 28.2 Å². The van der Waals surface area contributed by atoms with Crippen LogP contribution in [0.3, 0.4) is 0 Å². The van der Waals surface area contributed by atoms with Gasteiger partial charge in [-0.2, -0.15) is 0 Å². The van der Waals surface area contributed by atoms with Crippen LogP contribution in [0.1, 0.15) is 5.56 Å². The van der Waals surface area contributed by atoms with Crippen LogP contribution in [0.4, 0.5) is 10.5 Å². The van der Waals surface area contributed by atoms with E-state index in [1.807, 2.05) is 42.1 Å². The highest BCUT2D eigenvalue weighted by Crippen LogP contribution is 2.37. The molecule has 0 bridgehead atoms. The van der Waals surface area contributed by atoms with Crippen LogP contribution in [0.25, 0.3) is 17.0 Å². The van der Waals surface area contributed by atoms with Gasteiger partial charge >= 0.3 is 0 Å². The molecule has 130 valence electrons. The number of hydrogen-bond acceptors (Lipinski definition) is 4. The maximum atomic E-state index is 12.8. The van der Waals surface area contributed by atoms with Crippen molar-refractivity contribution in [3.63, 3.8) is 0 Å². The fraction of sp³-hybridized carbons (Fsp3) is 0.100. The van der Waals surface area contributed by atoms with E-state index in [1.165, 1.54) is 4.90 Å². The molecule has 0 unspecified atom stereocenters. The van der Waals surface area contributed by atoms with Crippen LogP contribution in [0, 0.1) is 0 Å². The first-order valence-electron chi connectivity index (χ1n) is 8.04. The van der Waals surface area contributed by atoms with Crippen LogP contribution in [-0.4, -0.2) is 22.8 Å². The Hall–Kier alpha value is -2.99. The van der Waals surface area contributed by atoms with Crippen molar-refractivity contribution in [3.8, 4) is 5.75 Å². The number of carbonyl (C=O) groups excluding carboxylic acids is 2. The van der Waals surface area contributed by atoms with Gasteiger partial charge in [0.2, 0.25) is 0 Å². The van der Waals surface area contributed by atoms with Crippen LogP contribution in [0.5, 0.6) is 5.75 Å². The van der Waals surface area contributed by atoms with Gasteiger partial charge in [0.25, 0.3) is 11.1 Å². The number of methoxy groups -OCH3 is 1. The molecular weight excluding hydrogens is 348 g/mol. The van der Waals surface area contributed by atoms with Crippen molar-refractivity contribution in [1.29, 1.82) is 0 Å². The number of hydrogen-bond donors (Lipinski definition) is 0. The first-order valence-corrected chi connectivity index (χ1v) is 8.86. The number of carbonyl (C=O) groups is 2. The Labute approximate surface area is 154 Å². The number of amides is 2. The summed E-state index contributed by atoms with van der Waals surface area (Å²) < 4.78 is 7.13. The van der Waals surface area contributed by atoms with Gasteiger partial charge in [-0.1, -0.05) is 18.2 Å². The first kappa shape index (κ1) is 16.5. The Morgan fingerprint density at radius 2 is 1.77 bits per heavy atom. The third-order valence-electron chi connectivity index (χ3n) is 4.34. The smallest absolute Gasteiger partial charge is 0.298 e. The Balaban J connectivity index is 1.71. The van der Waals surface area contributed by atoms with E-state index >= 15 is 0 Å². The molecule has 2 heterocycles. The molecule has 1 saturated heterocycles. The van der Waals surface area contributed by atoms with Crippen LogP contribution in [0.15, 0.2) is 59.6 Å². The second-order valence-corrected chi connectivity index (χ2v) is 6.92. The van der Waals surface area contributed by atoms with E-state index in [2.05, 4.69) is 0 Å². The van der Waals surface area contributed by atoms with Crippen molar-refractivity contribution >= 4 is 45.6 Å². The molecule has 1 aliphatic heterocycles. The largest absolute Gasteiger partial charge is 0.497 e. The van der Waals surface area contributed by atoms with E-state index in [-0.39, 0.29) is 11.1 Å². The van der Waals surface area contributed by atoms with Gasteiger partial charge in [0.15, 0.2) is 0 Å². The number of imide groups is 1. The molecule has 0 N–H and O–H groups in total. The molecule has 2 aromatic carbocycles. The Kier molecular flexibility index (Phi) is 4.05. The average molecular weight is 364 g/mol. The molecule has 3 aromatic rings. The zero-order valence-electron chi connectivity index (χ0n) is 14.3. The van der Waals surface area contributed by atoms with Gasteiger partial charge < -0.3 is 9.30 Å². The van der Waals surface area contributed by atoms with Gasteiger partial charge in [-0.25, -0.2) is 4.90 Å². The quantitative estimate of drug-likeness (QED) is 0.645.